The highest BCUT2D eigenvalue weighted by atomic mass is 16.5. The monoisotopic (exact) mass is 268 g/mol. The van der Waals surface area contributed by atoms with Crippen LogP contribution in [-0.2, 0) is 9.47 Å². The second-order valence-electron chi connectivity index (χ2n) is 4.26. The number of benzene rings is 2. The van der Waals surface area contributed by atoms with Gasteiger partial charge in [-0.2, -0.15) is 0 Å². The lowest BCUT2D eigenvalue weighted by Gasteiger charge is -2.17. The molecule has 0 amide bonds. The van der Waals surface area contributed by atoms with Gasteiger partial charge in [-0.1, -0.05) is 0 Å². The standard InChI is InChI=1S/C16H12O4/c17-13-5-1-11(2-6-13)15-16(20-10-9-19-15)12-3-7-14(18)8-4-12/h1-10,17-18H. The van der Waals surface area contributed by atoms with Crippen LogP contribution >= 0.6 is 0 Å². The molecule has 20 heavy (non-hydrogen) atoms. The third kappa shape index (κ3) is 2.31. The normalized spacial score (nSPS) is 13.8. The number of phenolic OH excluding ortho intramolecular Hbond substituents is 2. The maximum absolute atomic E-state index is 9.34. The summed E-state index contributed by atoms with van der Waals surface area (Å²) in [6, 6.07) is 13.3. The van der Waals surface area contributed by atoms with Crippen LogP contribution in [0.4, 0.5) is 0 Å². The summed E-state index contributed by atoms with van der Waals surface area (Å²) >= 11 is 0. The minimum Gasteiger partial charge on any atom is -0.508 e. The molecule has 1 heterocycles. The Labute approximate surface area is 115 Å². The molecular formula is C16H12O4. The molecule has 2 aromatic rings. The SMILES string of the molecule is Oc1ccc(C2=C(c3ccc(O)cc3)OC=CO2)cc1. The fourth-order valence-corrected chi connectivity index (χ4v) is 1.92. The highest BCUT2D eigenvalue weighted by Gasteiger charge is 2.17. The molecule has 0 saturated heterocycles. The van der Waals surface area contributed by atoms with E-state index in [1.807, 2.05) is 0 Å². The highest BCUT2D eigenvalue weighted by Crippen LogP contribution is 2.32. The van der Waals surface area contributed by atoms with Crippen molar-refractivity contribution in [3.05, 3.63) is 72.2 Å². The van der Waals surface area contributed by atoms with Gasteiger partial charge in [0, 0.05) is 11.1 Å². The molecular weight excluding hydrogens is 256 g/mol. The Morgan fingerprint density at radius 1 is 0.550 bits per heavy atom. The lowest BCUT2D eigenvalue weighted by Crippen LogP contribution is -1.99. The summed E-state index contributed by atoms with van der Waals surface area (Å²) < 4.78 is 11.1. The predicted octanol–water partition coefficient (Wildman–Crippen LogP) is 3.44. The third-order valence-corrected chi connectivity index (χ3v) is 2.89. The van der Waals surface area contributed by atoms with E-state index in [0.29, 0.717) is 11.5 Å². The largest absolute Gasteiger partial charge is 0.508 e. The Morgan fingerprint density at radius 3 is 1.25 bits per heavy atom. The average molecular weight is 268 g/mol. The second-order valence-corrected chi connectivity index (χ2v) is 4.26. The number of aromatic hydroxyl groups is 2. The van der Waals surface area contributed by atoms with E-state index in [4.69, 9.17) is 9.47 Å². The average Bonchev–Trinajstić information content (AvgIpc) is 2.49. The van der Waals surface area contributed by atoms with Gasteiger partial charge < -0.3 is 19.7 Å². The fourth-order valence-electron chi connectivity index (χ4n) is 1.92. The van der Waals surface area contributed by atoms with Gasteiger partial charge in [0.2, 0.25) is 0 Å². The van der Waals surface area contributed by atoms with Gasteiger partial charge in [-0.3, -0.25) is 0 Å². The zero-order chi connectivity index (χ0) is 13.9. The van der Waals surface area contributed by atoms with Crippen molar-refractivity contribution >= 4 is 11.5 Å². The molecule has 4 heteroatoms. The third-order valence-electron chi connectivity index (χ3n) is 2.89. The molecule has 0 atom stereocenters. The van der Waals surface area contributed by atoms with E-state index in [2.05, 4.69) is 0 Å². The molecule has 1 aliphatic heterocycles. The van der Waals surface area contributed by atoms with Crippen molar-refractivity contribution in [3.8, 4) is 11.5 Å². The molecule has 3 rings (SSSR count). The van der Waals surface area contributed by atoms with Crippen LogP contribution in [0.2, 0.25) is 0 Å². The van der Waals surface area contributed by atoms with Gasteiger partial charge in [0.25, 0.3) is 0 Å². The summed E-state index contributed by atoms with van der Waals surface area (Å²) in [5.41, 5.74) is 1.57. The maximum atomic E-state index is 9.34. The summed E-state index contributed by atoms with van der Waals surface area (Å²) in [6.07, 6.45) is 2.90. The number of hydrogen-bond donors (Lipinski definition) is 2. The van der Waals surface area contributed by atoms with E-state index in [-0.39, 0.29) is 11.5 Å². The molecule has 4 nitrogen and oxygen atoms in total. The molecule has 0 aliphatic carbocycles. The van der Waals surface area contributed by atoms with E-state index in [9.17, 15) is 10.2 Å². The smallest absolute Gasteiger partial charge is 0.177 e. The van der Waals surface area contributed by atoms with E-state index < -0.39 is 0 Å². The molecule has 0 spiro atoms. The van der Waals surface area contributed by atoms with Crippen LogP contribution in [-0.4, -0.2) is 10.2 Å². The van der Waals surface area contributed by atoms with Crippen LogP contribution in [0.5, 0.6) is 11.5 Å². The molecule has 100 valence electrons. The van der Waals surface area contributed by atoms with Crippen LogP contribution in [0.25, 0.3) is 11.5 Å². The molecule has 0 unspecified atom stereocenters. The number of ether oxygens (including phenoxy) is 2. The Morgan fingerprint density at radius 2 is 0.900 bits per heavy atom. The van der Waals surface area contributed by atoms with Gasteiger partial charge in [0.05, 0.1) is 0 Å². The quantitative estimate of drug-likeness (QED) is 0.876. The van der Waals surface area contributed by atoms with E-state index >= 15 is 0 Å². The van der Waals surface area contributed by atoms with Crippen LogP contribution < -0.4 is 0 Å². The zero-order valence-electron chi connectivity index (χ0n) is 10.5. The van der Waals surface area contributed by atoms with Crippen molar-refractivity contribution in [2.24, 2.45) is 0 Å². The van der Waals surface area contributed by atoms with Gasteiger partial charge in [-0.25, -0.2) is 0 Å². The Hall–Kier alpha value is -2.88. The van der Waals surface area contributed by atoms with Crippen LogP contribution in [0.3, 0.4) is 0 Å². The lowest BCUT2D eigenvalue weighted by molar-refractivity contribution is 0.335. The zero-order valence-corrected chi connectivity index (χ0v) is 10.5. The van der Waals surface area contributed by atoms with E-state index in [0.717, 1.165) is 11.1 Å². The first-order valence-electron chi connectivity index (χ1n) is 6.05. The van der Waals surface area contributed by atoms with Gasteiger partial charge in [0.15, 0.2) is 11.5 Å². The van der Waals surface area contributed by atoms with E-state index in [1.54, 1.807) is 48.5 Å². The molecule has 0 aromatic heterocycles. The fraction of sp³-hybridized carbons (Fsp3) is 0. The summed E-state index contributed by atoms with van der Waals surface area (Å²) in [4.78, 5) is 0. The first-order chi connectivity index (χ1) is 9.74. The van der Waals surface area contributed by atoms with E-state index in [1.165, 1.54) is 12.5 Å². The first kappa shape index (κ1) is 12.2. The van der Waals surface area contributed by atoms with Crippen molar-refractivity contribution in [1.29, 1.82) is 0 Å². The summed E-state index contributed by atoms with van der Waals surface area (Å²) in [5.74, 6) is 1.48. The number of hydrogen-bond acceptors (Lipinski definition) is 4. The Kier molecular flexibility index (Phi) is 3.05. The van der Waals surface area contributed by atoms with Crippen LogP contribution in [0.1, 0.15) is 11.1 Å². The molecule has 0 saturated carbocycles. The topological polar surface area (TPSA) is 58.9 Å². The maximum Gasteiger partial charge on any atom is 0.177 e. The summed E-state index contributed by atoms with van der Waals surface area (Å²) in [6.45, 7) is 0. The van der Waals surface area contributed by atoms with Gasteiger partial charge in [-0.05, 0) is 48.5 Å². The van der Waals surface area contributed by atoms with Crippen molar-refractivity contribution in [2.75, 3.05) is 0 Å². The number of rotatable bonds is 2. The van der Waals surface area contributed by atoms with Crippen molar-refractivity contribution in [3.63, 3.8) is 0 Å². The molecule has 0 bridgehead atoms. The van der Waals surface area contributed by atoms with Crippen LogP contribution in [0.15, 0.2) is 61.1 Å². The van der Waals surface area contributed by atoms with Gasteiger partial charge in [0.1, 0.15) is 24.0 Å². The van der Waals surface area contributed by atoms with Crippen molar-refractivity contribution < 1.29 is 19.7 Å². The molecule has 0 fully saturated rings. The second kappa shape index (κ2) is 5.01. The van der Waals surface area contributed by atoms with Gasteiger partial charge in [-0.15, -0.1) is 0 Å². The van der Waals surface area contributed by atoms with Crippen LogP contribution in [0, 0.1) is 0 Å². The molecule has 2 N–H and O–H groups in total. The first-order valence-corrected chi connectivity index (χ1v) is 6.05. The Bertz CT molecular complexity index is 607. The molecule has 2 aromatic carbocycles. The molecule has 0 radical (unpaired) electrons. The van der Waals surface area contributed by atoms with Crippen molar-refractivity contribution in [2.45, 2.75) is 0 Å². The van der Waals surface area contributed by atoms with Gasteiger partial charge >= 0.3 is 0 Å². The predicted molar refractivity (Wildman–Crippen MR) is 74.3 cm³/mol. The summed E-state index contributed by atoms with van der Waals surface area (Å²) in [7, 11) is 0. The number of phenols is 2. The Balaban J connectivity index is 2.07. The lowest BCUT2D eigenvalue weighted by atomic mass is 10.1. The minimum absolute atomic E-state index is 0.188. The summed E-state index contributed by atoms with van der Waals surface area (Å²) in [5, 5.41) is 18.7. The van der Waals surface area contributed by atoms with Crippen molar-refractivity contribution in [1.82, 2.24) is 0 Å². The minimum atomic E-state index is 0.188. The molecule has 1 aliphatic rings. The highest BCUT2D eigenvalue weighted by molar-refractivity contribution is 5.85.